The fraction of sp³-hybridized carbons (Fsp3) is 0.400. The molecule has 0 saturated carbocycles. The zero-order valence-corrected chi connectivity index (χ0v) is 10.6. The Morgan fingerprint density at radius 3 is 2.59 bits per heavy atom. The first kappa shape index (κ1) is 13.5. The van der Waals surface area contributed by atoms with Crippen LogP contribution < -0.4 is 0 Å². The molecule has 0 aliphatic carbocycles. The van der Waals surface area contributed by atoms with Crippen molar-refractivity contribution in [1.29, 1.82) is 0 Å². The van der Waals surface area contributed by atoms with E-state index in [0.29, 0.717) is 6.61 Å². The minimum Gasteiger partial charge on any atom is -0.457 e. The van der Waals surface area contributed by atoms with E-state index in [0.717, 1.165) is 30.4 Å². The molecule has 0 aliphatic rings. The van der Waals surface area contributed by atoms with Crippen LogP contribution in [0.1, 0.15) is 38.7 Å². The summed E-state index contributed by atoms with van der Waals surface area (Å²) in [5, 5.41) is 0. The molecule has 0 spiro atoms. The largest absolute Gasteiger partial charge is 0.457 e. The molecule has 0 fully saturated rings. The van der Waals surface area contributed by atoms with Gasteiger partial charge in [0.15, 0.2) is 0 Å². The van der Waals surface area contributed by atoms with Gasteiger partial charge in [0, 0.05) is 5.57 Å². The highest BCUT2D eigenvalue weighted by molar-refractivity contribution is 5.88. The Labute approximate surface area is 103 Å². The zero-order chi connectivity index (χ0) is 12.5. The van der Waals surface area contributed by atoms with Gasteiger partial charge in [0.05, 0.1) is 0 Å². The number of esters is 1. The third-order valence-electron chi connectivity index (χ3n) is 2.62. The average molecular weight is 232 g/mol. The Kier molecular flexibility index (Phi) is 6.08. The number of ether oxygens (including phenoxy) is 1. The number of hydrogen-bond acceptors (Lipinski definition) is 2. The lowest BCUT2D eigenvalue weighted by molar-refractivity contribution is -0.140. The lowest BCUT2D eigenvalue weighted by Gasteiger charge is -2.07. The number of benzene rings is 1. The van der Waals surface area contributed by atoms with Gasteiger partial charge in [0.2, 0.25) is 0 Å². The summed E-state index contributed by atoms with van der Waals surface area (Å²) in [7, 11) is 0. The van der Waals surface area contributed by atoms with Gasteiger partial charge in [0.25, 0.3) is 0 Å². The smallest absolute Gasteiger partial charge is 0.333 e. The van der Waals surface area contributed by atoms with Crippen molar-refractivity contribution in [3.05, 3.63) is 47.5 Å². The normalized spacial score (nSPS) is 11.3. The molecule has 17 heavy (non-hydrogen) atoms. The summed E-state index contributed by atoms with van der Waals surface area (Å²) in [5.74, 6) is -0.190. The summed E-state index contributed by atoms with van der Waals surface area (Å²) in [5.41, 5.74) is 1.80. The van der Waals surface area contributed by atoms with E-state index < -0.39 is 0 Å². The number of allylic oxidation sites excluding steroid dienone is 1. The summed E-state index contributed by atoms with van der Waals surface area (Å²) in [6.07, 6.45) is 4.77. The molecular weight excluding hydrogens is 212 g/mol. The quantitative estimate of drug-likeness (QED) is 0.550. The van der Waals surface area contributed by atoms with E-state index in [9.17, 15) is 4.79 Å². The lowest BCUT2D eigenvalue weighted by Crippen LogP contribution is -2.08. The van der Waals surface area contributed by atoms with Crippen LogP contribution in [0.2, 0.25) is 0 Å². The fourth-order valence-electron chi connectivity index (χ4n) is 1.55. The van der Waals surface area contributed by atoms with Crippen LogP contribution in [0.25, 0.3) is 0 Å². The van der Waals surface area contributed by atoms with Crippen LogP contribution >= 0.6 is 0 Å². The van der Waals surface area contributed by atoms with Crippen LogP contribution in [0.5, 0.6) is 0 Å². The molecule has 0 unspecified atom stereocenters. The number of hydrogen-bond donors (Lipinski definition) is 0. The molecule has 92 valence electrons. The highest BCUT2D eigenvalue weighted by Gasteiger charge is 2.09. The van der Waals surface area contributed by atoms with Gasteiger partial charge in [-0.15, -0.1) is 0 Å². The SMILES string of the molecule is C/C=C(\CCCC)C(=O)OCc1ccccc1. The highest BCUT2D eigenvalue weighted by Crippen LogP contribution is 2.11. The molecule has 0 radical (unpaired) electrons. The second-order valence-electron chi connectivity index (χ2n) is 3.98. The third-order valence-corrected chi connectivity index (χ3v) is 2.62. The predicted octanol–water partition coefficient (Wildman–Crippen LogP) is 3.87. The van der Waals surface area contributed by atoms with E-state index in [4.69, 9.17) is 4.74 Å². The summed E-state index contributed by atoms with van der Waals surface area (Å²) in [4.78, 5) is 11.8. The molecule has 2 heteroatoms. The van der Waals surface area contributed by atoms with Crippen molar-refractivity contribution in [3.8, 4) is 0 Å². The van der Waals surface area contributed by atoms with Crippen molar-refractivity contribution in [1.82, 2.24) is 0 Å². The number of carbonyl (C=O) groups excluding carboxylic acids is 1. The molecule has 2 nitrogen and oxygen atoms in total. The first-order valence-corrected chi connectivity index (χ1v) is 6.14. The highest BCUT2D eigenvalue weighted by atomic mass is 16.5. The van der Waals surface area contributed by atoms with Gasteiger partial charge in [-0.1, -0.05) is 49.8 Å². The van der Waals surface area contributed by atoms with E-state index in [-0.39, 0.29) is 5.97 Å². The number of unbranched alkanes of at least 4 members (excludes halogenated alkanes) is 1. The molecule has 0 aromatic heterocycles. The summed E-state index contributed by atoms with van der Waals surface area (Å²) in [6, 6.07) is 9.74. The lowest BCUT2D eigenvalue weighted by atomic mass is 10.1. The molecule has 0 bridgehead atoms. The topological polar surface area (TPSA) is 26.3 Å². The van der Waals surface area contributed by atoms with Crippen molar-refractivity contribution in [2.45, 2.75) is 39.7 Å². The van der Waals surface area contributed by atoms with E-state index in [1.807, 2.05) is 43.3 Å². The molecule has 1 rings (SSSR count). The van der Waals surface area contributed by atoms with Gasteiger partial charge in [-0.25, -0.2) is 4.79 Å². The molecule has 1 aromatic rings. The summed E-state index contributed by atoms with van der Waals surface area (Å²) in [6.45, 7) is 4.35. The zero-order valence-electron chi connectivity index (χ0n) is 10.6. The van der Waals surface area contributed by atoms with Crippen LogP contribution in [-0.4, -0.2) is 5.97 Å². The molecule has 0 saturated heterocycles. The monoisotopic (exact) mass is 232 g/mol. The molecule has 0 heterocycles. The second kappa shape index (κ2) is 7.66. The average Bonchev–Trinajstić information content (AvgIpc) is 2.38. The van der Waals surface area contributed by atoms with Gasteiger partial charge in [-0.05, 0) is 25.3 Å². The maximum Gasteiger partial charge on any atom is 0.333 e. The van der Waals surface area contributed by atoms with Gasteiger partial charge < -0.3 is 4.74 Å². The molecular formula is C15H20O2. The summed E-state index contributed by atoms with van der Waals surface area (Å²) < 4.78 is 5.27. The van der Waals surface area contributed by atoms with Crippen LogP contribution in [0.15, 0.2) is 42.0 Å². The number of carbonyl (C=O) groups is 1. The van der Waals surface area contributed by atoms with Gasteiger partial charge in [-0.3, -0.25) is 0 Å². The predicted molar refractivity (Wildman–Crippen MR) is 69.5 cm³/mol. The standard InChI is InChI=1S/C15H20O2/c1-3-5-11-14(4-2)15(16)17-12-13-9-7-6-8-10-13/h4,6-10H,3,5,11-12H2,1-2H3/b14-4+. The first-order chi connectivity index (χ1) is 8.27. The van der Waals surface area contributed by atoms with E-state index >= 15 is 0 Å². The molecule has 0 atom stereocenters. The van der Waals surface area contributed by atoms with Crippen LogP contribution in [0.4, 0.5) is 0 Å². The van der Waals surface area contributed by atoms with Crippen LogP contribution in [0.3, 0.4) is 0 Å². The molecule has 0 amide bonds. The number of rotatable bonds is 6. The van der Waals surface area contributed by atoms with E-state index in [2.05, 4.69) is 6.92 Å². The Bertz CT molecular complexity index is 366. The van der Waals surface area contributed by atoms with Crippen molar-refractivity contribution >= 4 is 5.97 Å². The Hall–Kier alpha value is -1.57. The Balaban J connectivity index is 2.43. The van der Waals surface area contributed by atoms with Crippen molar-refractivity contribution < 1.29 is 9.53 Å². The Morgan fingerprint density at radius 1 is 1.29 bits per heavy atom. The molecule has 0 aliphatic heterocycles. The van der Waals surface area contributed by atoms with Crippen molar-refractivity contribution in [2.75, 3.05) is 0 Å². The fourth-order valence-corrected chi connectivity index (χ4v) is 1.55. The van der Waals surface area contributed by atoms with Crippen LogP contribution in [-0.2, 0) is 16.1 Å². The van der Waals surface area contributed by atoms with E-state index in [1.165, 1.54) is 0 Å². The third kappa shape index (κ3) is 4.85. The van der Waals surface area contributed by atoms with Crippen molar-refractivity contribution in [2.24, 2.45) is 0 Å². The van der Waals surface area contributed by atoms with Gasteiger partial charge in [0.1, 0.15) is 6.61 Å². The van der Waals surface area contributed by atoms with E-state index in [1.54, 1.807) is 0 Å². The van der Waals surface area contributed by atoms with Gasteiger partial charge in [-0.2, -0.15) is 0 Å². The maximum absolute atomic E-state index is 11.8. The second-order valence-corrected chi connectivity index (χ2v) is 3.98. The molecule has 0 N–H and O–H groups in total. The Morgan fingerprint density at radius 2 is 2.00 bits per heavy atom. The van der Waals surface area contributed by atoms with Crippen molar-refractivity contribution in [3.63, 3.8) is 0 Å². The van der Waals surface area contributed by atoms with Gasteiger partial charge >= 0.3 is 5.97 Å². The first-order valence-electron chi connectivity index (χ1n) is 6.14. The van der Waals surface area contributed by atoms with Crippen LogP contribution in [0, 0.1) is 0 Å². The molecule has 1 aromatic carbocycles. The maximum atomic E-state index is 11.8. The minimum absolute atomic E-state index is 0.190. The summed E-state index contributed by atoms with van der Waals surface area (Å²) >= 11 is 0. The minimum atomic E-state index is -0.190.